The molecule has 2 aromatic rings. The van der Waals surface area contributed by atoms with Gasteiger partial charge in [0.25, 0.3) is 5.91 Å². The summed E-state index contributed by atoms with van der Waals surface area (Å²) in [6.45, 7) is 0.383. The van der Waals surface area contributed by atoms with E-state index in [2.05, 4.69) is 4.98 Å². The molecule has 7 heteroatoms. The lowest BCUT2D eigenvalue weighted by atomic mass is 10.1. The van der Waals surface area contributed by atoms with Crippen molar-refractivity contribution in [2.75, 3.05) is 13.1 Å². The highest BCUT2D eigenvalue weighted by Gasteiger charge is 2.33. The van der Waals surface area contributed by atoms with Crippen molar-refractivity contribution in [1.29, 1.82) is 0 Å². The Morgan fingerprint density at radius 1 is 1.27 bits per heavy atom. The standard InChI is InChI=1S/C15H17F2N3O2/c1-19-12-9-10(3-4-11(12)18-14(19)22)13(21)20-7-2-5-15(16,17)6-8-20/h3-4,9H,2,5-8H2,1H3,(H,18,22). The van der Waals surface area contributed by atoms with Gasteiger partial charge in [-0.3, -0.25) is 9.36 Å². The van der Waals surface area contributed by atoms with Crippen LogP contribution in [0.25, 0.3) is 11.0 Å². The van der Waals surface area contributed by atoms with Gasteiger partial charge in [-0.05, 0) is 24.6 Å². The number of rotatable bonds is 1. The molecule has 1 fully saturated rings. The Balaban J connectivity index is 1.88. The van der Waals surface area contributed by atoms with Crippen molar-refractivity contribution in [1.82, 2.24) is 14.5 Å². The maximum absolute atomic E-state index is 13.4. The Bertz CT molecular complexity index is 779. The van der Waals surface area contributed by atoms with Crippen LogP contribution in [0, 0.1) is 0 Å². The highest BCUT2D eigenvalue weighted by atomic mass is 19.3. The molecule has 1 aromatic heterocycles. The minimum atomic E-state index is -2.69. The normalized spacial score (nSPS) is 18.4. The average molecular weight is 309 g/mol. The van der Waals surface area contributed by atoms with E-state index in [-0.39, 0.29) is 31.0 Å². The second-order valence-electron chi connectivity index (χ2n) is 5.72. The van der Waals surface area contributed by atoms with Crippen LogP contribution in [0.5, 0.6) is 0 Å². The van der Waals surface area contributed by atoms with Gasteiger partial charge in [0.05, 0.1) is 11.0 Å². The van der Waals surface area contributed by atoms with Gasteiger partial charge < -0.3 is 9.88 Å². The first-order chi connectivity index (χ1) is 10.4. The zero-order chi connectivity index (χ0) is 15.9. The molecule has 0 spiro atoms. The van der Waals surface area contributed by atoms with Gasteiger partial charge in [-0.2, -0.15) is 0 Å². The van der Waals surface area contributed by atoms with Gasteiger partial charge in [-0.1, -0.05) is 0 Å². The van der Waals surface area contributed by atoms with Gasteiger partial charge in [-0.25, -0.2) is 13.6 Å². The van der Waals surface area contributed by atoms with Gasteiger partial charge in [0, 0.05) is 38.5 Å². The molecule has 0 aliphatic carbocycles. The van der Waals surface area contributed by atoms with Crippen LogP contribution in [0.15, 0.2) is 23.0 Å². The number of nitrogens with one attached hydrogen (secondary N) is 1. The van der Waals surface area contributed by atoms with Crippen LogP contribution in [-0.2, 0) is 7.05 Å². The number of aryl methyl sites for hydroxylation is 1. The van der Waals surface area contributed by atoms with Crippen LogP contribution >= 0.6 is 0 Å². The van der Waals surface area contributed by atoms with Crippen LogP contribution in [0.2, 0.25) is 0 Å². The van der Waals surface area contributed by atoms with Crippen molar-refractivity contribution in [3.63, 3.8) is 0 Å². The molecule has 5 nitrogen and oxygen atoms in total. The molecule has 1 saturated heterocycles. The number of imidazole rings is 1. The number of halogens is 2. The molecule has 0 bridgehead atoms. The Morgan fingerprint density at radius 3 is 2.82 bits per heavy atom. The maximum Gasteiger partial charge on any atom is 0.326 e. The van der Waals surface area contributed by atoms with Crippen LogP contribution in [0.1, 0.15) is 29.6 Å². The molecular weight excluding hydrogens is 292 g/mol. The smallest absolute Gasteiger partial charge is 0.326 e. The summed E-state index contributed by atoms with van der Waals surface area (Å²) in [5, 5.41) is 0. The monoisotopic (exact) mass is 309 g/mol. The summed E-state index contributed by atoms with van der Waals surface area (Å²) in [7, 11) is 1.61. The molecule has 0 unspecified atom stereocenters. The maximum atomic E-state index is 13.4. The van der Waals surface area contributed by atoms with Gasteiger partial charge in [-0.15, -0.1) is 0 Å². The Hall–Kier alpha value is -2.18. The van der Waals surface area contributed by atoms with E-state index in [1.165, 1.54) is 9.47 Å². The van der Waals surface area contributed by atoms with Gasteiger partial charge in [0.2, 0.25) is 5.92 Å². The zero-order valence-electron chi connectivity index (χ0n) is 12.2. The molecule has 1 aliphatic rings. The van der Waals surface area contributed by atoms with Gasteiger partial charge in [0.15, 0.2) is 0 Å². The summed E-state index contributed by atoms with van der Waals surface area (Å²) in [5.41, 5.74) is 1.42. The van der Waals surface area contributed by atoms with E-state index in [0.717, 1.165) is 0 Å². The third kappa shape index (κ3) is 2.63. The van der Waals surface area contributed by atoms with E-state index in [4.69, 9.17) is 0 Å². The van der Waals surface area contributed by atoms with E-state index in [9.17, 15) is 18.4 Å². The lowest BCUT2D eigenvalue weighted by Crippen LogP contribution is -2.32. The fourth-order valence-electron chi connectivity index (χ4n) is 2.81. The largest absolute Gasteiger partial charge is 0.338 e. The molecule has 1 aliphatic heterocycles. The van der Waals surface area contributed by atoms with Gasteiger partial charge >= 0.3 is 5.69 Å². The number of hydrogen-bond donors (Lipinski definition) is 1. The van der Waals surface area contributed by atoms with E-state index >= 15 is 0 Å². The minimum absolute atomic E-state index is 0.0515. The molecule has 2 heterocycles. The molecular formula is C15H17F2N3O2. The molecule has 1 N–H and O–H groups in total. The Morgan fingerprint density at radius 2 is 2.05 bits per heavy atom. The number of carbonyl (C=O) groups excluding carboxylic acids is 1. The molecule has 118 valence electrons. The van der Waals surface area contributed by atoms with Crippen LogP contribution in [-0.4, -0.2) is 39.4 Å². The first kappa shape index (κ1) is 14.7. The van der Waals surface area contributed by atoms with Crippen LogP contribution < -0.4 is 5.69 Å². The number of amides is 1. The topological polar surface area (TPSA) is 58.1 Å². The second-order valence-corrected chi connectivity index (χ2v) is 5.72. The molecule has 0 radical (unpaired) electrons. The molecule has 0 atom stereocenters. The summed E-state index contributed by atoms with van der Waals surface area (Å²) in [5.74, 6) is -2.96. The fourth-order valence-corrected chi connectivity index (χ4v) is 2.81. The zero-order valence-corrected chi connectivity index (χ0v) is 12.2. The number of fused-ring (bicyclic) bond motifs is 1. The van der Waals surface area contributed by atoms with Crippen molar-refractivity contribution in [2.24, 2.45) is 7.05 Å². The lowest BCUT2D eigenvalue weighted by molar-refractivity contribution is -0.0125. The number of carbonyl (C=O) groups is 1. The number of aromatic nitrogens is 2. The predicted molar refractivity (Wildman–Crippen MR) is 78.2 cm³/mol. The second kappa shape index (κ2) is 5.23. The van der Waals surface area contributed by atoms with Crippen molar-refractivity contribution < 1.29 is 13.6 Å². The van der Waals surface area contributed by atoms with Crippen molar-refractivity contribution in [2.45, 2.75) is 25.2 Å². The van der Waals surface area contributed by atoms with E-state index in [1.807, 2.05) is 0 Å². The Kier molecular flexibility index (Phi) is 3.50. The molecule has 1 aromatic carbocycles. The van der Waals surface area contributed by atoms with E-state index in [0.29, 0.717) is 29.6 Å². The third-order valence-corrected chi connectivity index (χ3v) is 4.16. The molecule has 1 amide bonds. The fraction of sp³-hybridized carbons (Fsp3) is 0.467. The Labute approximate surface area is 125 Å². The first-order valence-corrected chi connectivity index (χ1v) is 7.23. The van der Waals surface area contributed by atoms with Gasteiger partial charge in [0.1, 0.15) is 0 Å². The van der Waals surface area contributed by atoms with E-state index in [1.54, 1.807) is 25.2 Å². The summed E-state index contributed by atoms with van der Waals surface area (Å²) in [4.78, 5) is 28.2. The average Bonchev–Trinajstić information content (AvgIpc) is 2.65. The quantitative estimate of drug-likeness (QED) is 0.877. The highest BCUT2D eigenvalue weighted by Crippen LogP contribution is 2.28. The van der Waals surface area contributed by atoms with Crippen molar-refractivity contribution in [3.8, 4) is 0 Å². The number of alkyl halides is 2. The summed E-state index contributed by atoms with van der Waals surface area (Å²) in [6.07, 6.45) is -0.185. The van der Waals surface area contributed by atoms with Crippen molar-refractivity contribution in [3.05, 3.63) is 34.2 Å². The molecule has 0 saturated carbocycles. The van der Waals surface area contributed by atoms with Crippen LogP contribution in [0.4, 0.5) is 8.78 Å². The number of likely N-dealkylation sites (tertiary alicyclic amines) is 1. The number of nitrogens with zero attached hydrogens (tertiary/aromatic N) is 2. The first-order valence-electron chi connectivity index (χ1n) is 7.23. The number of aromatic amines is 1. The SMILES string of the molecule is Cn1c(=O)[nH]c2ccc(C(=O)N3CCCC(F)(F)CC3)cc21. The minimum Gasteiger partial charge on any atom is -0.338 e. The van der Waals surface area contributed by atoms with Crippen molar-refractivity contribution >= 4 is 16.9 Å². The number of H-pyrrole nitrogens is 1. The summed E-state index contributed by atoms with van der Waals surface area (Å²) >= 11 is 0. The highest BCUT2D eigenvalue weighted by molar-refractivity contribution is 5.97. The van der Waals surface area contributed by atoms with E-state index < -0.39 is 5.92 Å². The predicted octanol–water partition coefficient (Wildman–Crippen LogP) is 2.13. The summed E-state index contributed by atoms with van der Waals surface area (Å²) in [6, 6.07) is 4.90. The lowest BCUT2D eigenvalue weighted by Gasteiger charge is -2.20. The molecule has 3 rings (SSSR count). The third-order valence-electron chi connectivity index (χ3n) is 4.16. The summed E-state index contributed by atoms with van der Waals surface area (Å²) < 4.78 is 28.2. The van der Waals surface area contributed by atoms with Crippen LogP contribution in [0.3, 0.4) is 0 Å². The number of hydrogen-bond acceptors (Lipinski definition) is 2. The molecule has 22 heavy (non-hydrogen) atoms. The number of benzene rings is 1.